The highest BCUT2D eigenvalue weighted by Crippen LogP contribution is 2.24. The van der Waals surface area contributed by atoms with Crippen LogP contribution in [-0.4, -0.2) is 10.8 Å². The van der Waals surface area contributed by atoms with Crippen LogP contribution in [0.2, 0.25) is 5.02 Å². The zero-order valence-corrected chi connectivity index (χ0v) is 14.1. The molecule has 0 aliphatic carbocycles. The molecule has 4 heteroatoms. The molecule has 1 aromatic heterocycles. The van der Waals surface area contributed by atoms with Gasteiger partial charge in [0.25, 0.3) is 0 Å². The Balaban J connectivity index is 1.78. The topological polar surface area (TPSA) is 29.3 Å². The van der Waals surface area contributed by atoms with Gasteiger partial charge in [-0.1, -0.05) is 41.9 Å². The first-order valence-corrected chi connectivity index (χ1v) is 8.16. The third-order valence-electron chi connectivity index (χ3n) is 4.08. The van der Waals surface area contributed by atoms with Crippen molar-refractivity contribution in [3.05, 3.63) is 70.4 Å². The van der Waals surface area contributed by atoms with Gasteiger partial charge in [-0.25, -0.2) is 0 Å². The molecule has 0 unspecified atom stereocenters. The maximum Gasteiger partial charge on any atom is 0.0580 e. The third kappa shape index (κ3) is 3.25. The number of hydrogen-bond donors (Lipinski definition) is 1. The second-order valence-electron chi connectivity index (χ2n) is 5.48. The largest absolute Gasteiger partial charge is 0.344 e. The van der Waals surface area contributed by atoms with Crippen LogP contribution in [0.5, 0.6) is 0 Å². The summed E-state index contributed by atoms with van der Waals surface area (Å²) >= 11 is 5.89. The summed E-state index contributed by atoms with van der Waals surface area (Å²) < 4.78 is 2.32. The van der Waals surface area contributed by atoms with Crippen LogP contribution in [0.1, 0.15) is 23.7 Å². The summed E-state index contributed by atoms with van der Waals surface area (Å²) in [6, 6.07) is 16.2. The summed E-state index contributed by atoms with van der Waals surface area (Å²) in [7, 11) is 0. The van der Waals surface area contributed by atoms with Crippen molar-refractivity contribution in [1.82, 2.24) is 9.99 Å². The number of benzene rings is 2. The SMILES string of the molecule is CCn1c(C)c(/C=N\NCc2ccc(Cl)cc2)c2ccccc21. The zero-order chi connectivity index (χ0) is 16.2. The molecule has 1 N–H and O–H groups in total. The lowest BCUT2D eigenvalue weighted by Gasteiger charge is -2.03. The number of halogens is 1. The van der Waals surface area contributed by atoms with Crippen molar-refractivity contribution in [1.29, 1.82) is 0 Å². The summed E-state index contributed by atoms with van der Waals surface area (Å²) in [5.41, 5.74) is 7.93. The first kappa shape index (κ1) is 15.6. The van der Waals surface area contributed by atoms with Gasteiger partial charge in [0, 0.05) is 33.7 Å². The number of nitrogens with one attached hydrogen (secondary N) is 1. The molecule has 1 heterocycles. The molecule has 3 nitrogen and oxygen atoms in total. The lowest BCUT2D eigenvalue weighted by molar-refractivity contribution is 0.747. The second-order valence-corrected chi connectivity index (χ2v) is 5.92. The van der Waals surface area contributed by atoms with Gasteiger partial charge in [0.05, 0.1) is 12.8 Å². The predicted octanol–water partition coefficient (Wildman–Crippen LogP) is 4.75. The normalized spacial score (nSPS) is 11.4. The van der Waals surface area contributed by atoms with E-state index < -0.39 is 0 Å². The Morgan fingerprint density at radius 2 is 1.87 bits per heavy atom. The molecule has 0 fully saturated rings. The molecule has 3 rings (SSSR count). The molecule has 0 atom stereocenters. The molecule has 0 bridgehead atoms. The number of aromatic nitrogens is 1. The smallest absolute Gasteiger partial charge is 0.0580 e. The molecule has 0 spiro atoms. The van der Waals surface area contributed by atoms with E-state index in [9.17, 15) is 0 Å². The molecule has 0 aliphatic heterocycles. The van der Waals surface area contributed by atoms with Gasteiger partial charge in [0.1, 0.15) is 0 Å². The Morgan fingerprint density at radius 3 is 2.61 bits per heavy atom. The van der Waals surface area contributed by atoms with Crippen LogP contribution in [0, 0.1) is 6.92 Å². The van der Waals surface area contributed by atoms with Gasteiger partial charge in [-0.2, -0.15) is 5.10 Å². The maximum absolute atomic E-state index is 5.89. The van der Waals surface area contributed by atoms with Crippen molar-refractivity contribution >= 4 is 28.7 Å². The average molecular weight is 326 g/mol. The molecule has 118 valence electrons. The van der Waals surface area contributed by atoms with Gasteiger partial charge in [0.2, 0.25) is 0 Å². The van der Waals surface area contributed by atoms with Crippen LogP contribution < -0.4 is 5.43 Å². The Kier molecular flexibility index (Phi) is 4.68. The second kappa shape index (κ2) is 6.88. The van der Waals surface area contributed by atoms with E-state index in [1.807, 2.05) is 30.5 Å². The van der Waals surface area contributed by atoms with Crippen molar-refractivity contribution in [3.63, 3.8) is 0 Å². The minimum absolute atomic E-state index is 0.680. The fourth-order valence-electron chi connectivity index (χ4n) is 2.88. The molecule has 0 aliphatic rings. The van der Waals surface area contributed by atoms with Gasteiger partial charge in [-0.05, 0) is 37.6 Å². The van der Waals surface area contributed by atoms with Crippen LogP contribution in [0.25, 0.3) is 10.9 Å². The Hall–Kier alpha value is -2.26. The molecule has 0 saturated heterocycles. The first-order chi connectivity index (χ1) is 11.2. The van der Waals surface area contributed by atoms with E-state index in [-0.39, 0.29) is 0 Å². The lowest BCUT2D eigenvalue weighted by Crippen LogP contribution is -2.05. The van der Waals surface area contributed by atoms with Gasteiger partial charge >= 0.3 is 0 Å². The monoisotopic (exact) mass is 325 g/mol. The van der Waals surface area contributed by atoms with E-state index in [1.165, 1.54) is 22.2 Å². The third-order valence-corrected chi connectivity index (χ3v) is 4.33. The molecule has 0 saturated carbocycles. The summed E-state index contributed by atoms with van der Waals surface area (Å²) in [5.74, 6) is 0. The number of para-hydroxylation sites is 1. The number of hydrazone groups is 1. The van der Waals surface area contributed by atoms with E-state index in [4.69, 9.17) is 11.6 Å². The fourth-order valence-corrected chi connectivity index (χ4v) is 3.00. The average Bonchev–Trinajstić information content (AvgIpc) is 2.84. The molecule has 0 radical (unpaired) electrons. The highest BCUT2D eigenvalue weighted by atomic mass is 35.5. The number of hydrogen-bond acceptors (Lipinski definition) is 2. The quantitative estimate of drug-likeness (QED) is 0.532. The Labute approximate surface area is 141 Å². The van der Waals surface area contributed by atoms with Crippen molar-refractivity contribution in [2.24, 2.45) is 5.10 Å². The summed E-state index contributed by atoms with van der Waals surface area (Å²) in [4.78, 5) is 0. The zero-order valence-electron chi connectivity index (χ0n) is 13.4. The highest BCUT2D eigenvalue weighted by Gasteiger charge is 2.10. The van der Waals surface area contributed by atoms with Crippen molar-refractivity contribution < 1.29 is 0 Å². The molecule has 23 heavy (non-hydrogen) atoms. The van der Waals surface area contributed by atoms with Crippen LogP contribution in [0.15, 0.2) is 53.6 Å². The van der Waals surface area contributed by atoms with Crippen LogP contribution in [-0.2, 0) is 13.1 Å². The number of aryl methyl sites for hydroxylation is 1. The standard InChI is InChI=1S/C19H20ClN3/c1-3-23-14(2)18(17-6-4-5-7-19(17)23)13-22-21-12-15-8-10-16(20)11-9-15/h4-11,13,21H,3,12H2,1-2H3/b22-13-. The molecule has 3 aromatic rings. The van der Waals surface area contributed by atoms with Crippen molar-refractivity contribution in [3.8, 4) is 0 Å². The molecular weight excluding hydrogens is 306 g/mol. The summed E-state index contributed by atoms with van der Waals surface area (Å²) in [6.45, 7) is 5.95. The minimum atomic E-state index is 0.680. The maximum atomic E-state index is 5.89. The van der Waals surface area contributed by atoms with E-state index in [1.54, 1.807) is 0 Å². The van der Waals surface area contributed by atoms with Gasteiger partial charge in [-0.3, -0.25) is 0 Å². The highest BCUT2D eigenvalue weighted by molar-refractivity contribution is 6.30. The van der Waals surface area contributed by atoms with Gasteiger partial charge < -0.3 is 9.99 Å². The van der Waals surface area contributed by atoms with E-state index >= 15 is 0 Å². The summed E-state index contributed by atoms with van der Waals surface area (Å²) in [5, 5.41) is 6.39. The first-order valence-electron chi connectivity index (χ1n) is 7.79. The van der Waals surface area contributed by atoms with Gasteiger partial charge in [-0.15, -0.1) is 0 Å². The molecule has 0 amide bonds. The van der Waals surface area contributed by atoms with E-state index in [2.05, 4.69) is 53.2 Å². The number of rotatable bonds is 5. The van der Waals surface area contributed by atoms with Crippen LogP contribution >= 0.6 is 11.6 Å². The fraction of sp³-hybridized carbons (Fsp3) is 0.211. The Bertz CT molecular complexity index is 832. The van der Waals surface area contributed by atoms with E-state index in [0.29, 0.717) is 6.54 Å². The van der Waals surface area contributed by atoms with Gasteiger partial charge in [0.15, 0.2) is 0 Å². The lowest BCUT2D eigenvalue weighted by atomic mass is 10.1. The van der Waals surface area contributed by atoms with Crippen LogP contribution in [0.3, 0.4) is 0 Å². The van der Waals surface area contributed by atoms with Crippen molar-refractivity contribution in [2.75, 3.05) is 0 Å². The molecular formula is C19H20ClN3. The number of fused-ring (bicyclic) bond motifs is 1. The number of nitrogens with zero attached hydrogens (tertiary/aromatic N) is 2. The minimum Gasteiger partial charge on any atom is -0.344 e. The van der Waals surface area contributed by atoms with E-state index in [0.717, 1.165) is 17.1 Å². The Morgan fingerprint density at radius 1 is 1.13 bits per heavy atom. The van der Waals surface area contributed by atoms with Crippen LogP contribution in [0.4, 0.5) is 0 Å². The molecule has 2 aromatic carbocycles. The van der Waals surface area contributed by atoms with Crippen molar-refractivity contribution in [2.45, 2.75) is 26.9 Å². The summed E-state index contributed by atoms with van der Waals surface area (Å²) in [6.07, 6.45) is 1.92. The predicted molar refractivity (Wildman–Crippen MR) is 98.2 cm³/mol.